The van der Waals surface area contributed by atoms with Gasteiger partial charge in [-0.1, -0.05) is 12.1 Å². The summed E-state index contributed by atoms with van der Waals surface area (Å²) in [6.07, 6.45) is -0.0103. The number of aromatic amines is 1. The van der Waals surface area contributed by atoms with Crippen molar-refractivity contribution in [1.82, 2.24) is 25.1 Å². The van der Waals surface area contributed by atoms with Gasteiger partial charge in [-0.3, -0.25) is 14.9 Å². The third kappa shape index (κ3) is 5.99. The van der Waals surface area contributed by atoms with Crippen LogP contribution in [0.1, 0.15) is 10.5 Å². The van der Waals surface area contributed by atoms with Crippen molar-refractivity contribution in [2.45, 2.75) is 6.18 Å². The summed E-state index contributed by atoms with van der Waals surface area (Å²) in [6, 6.07) is 9.38. The molecule has 1 aromatic carbocycles. The van der Waals surface area contributed by atoms with Gasteiger partial charge in [-0.2, -0.15) is 18.3 Å². The van der Waals surface area contributed by atoms with Gasteiger partial charge in [-0.25, -0.2) is 9.78 Å². The number of hydrogen-bond acceptors (Lipinski definition) is 7. The highest BCUT2D eigenvalue weighted by atomic mass is 19.4. The number of halogens is 3. The van der Waals surface area contributed by atoms with Gasteiger partial charge in [0.15, 0.2) is 0 Å². The van der Waals surface area contributed by atoms with Crippen molar-refractivity contribution < 1.29 is 32.6 Å². The van der Waals surface area contributed by atoms with Crippen molar-refractivity contribution in [2.24, 2.45) is 0 Å². The average molecular weight is 478 g/mol. The third-order valence-electron chi connectivity index (χ3n) is 4.87. The fraction of sp³-hybridized carbons (Fsp3) is 0.286. The first-order valence-electron chi connectivity index (χ1n) is 10.00. The van der Waals surface area contributed by atoms with Crippen molar-refractivity contribution in [2.75, 3.05) is 38.2 Å². The third-order valence-corrected chi connectivity index (χ3v) is 4.87. The Hall–Kier alpha value is -4.16. The molecule has 0 aliphatic carbocycles. The number of methoxy groups -OCH3 is 1. The summed E-state index contributed by atoms with van der Waals surface area (Å²) >= 11 is 0. The highest BCUT2D eigenvalue weighted by Gasteiger charge is 2.38. The van der Waals surface area contributed by atoms with Gasteiger partial charge in [-0.05, 0) is 18.2 Å². The van der Waals surface area contributed by atoms with E-state index < -0.39 is 12.1 Å². The number of hydrogen-bond donors (Lipinski definition) is 2. The minimum atomic E-state index is -5.08. The maximum Gasteiger partial charge on any atom is 0.490 e. The Balaban J connectivity index is 0.000000406. The molecule has 1 fully saturated rings. The average Bonchev–Trinajstić information content (AvgIpc) is 3.34. The van der Waals surface area contributed by atoms with Crippen molar-refractivity contribution >= 4 is 17.7 Å². The van der Waals surface area contributed by atoms with Crippen molar-refractivity contribution in [1.29, 1.82) is 0 Å². The number of nitrogens with one attached hydrogen (secondary N) is 1. The molecule has 2 aromatic heterocycles. The molecule has 1 aliphatic rings. The minimum Gasteiger partial charge on any atom is -0.496 e. The highest BCUT2D eigenvalue weighted by molar-refractivity contribution is 5.93. The maximum absolute atomic E-state index is 12.8. The number of ether oxygens (including phenoxy) is 1. The monoisotopic (exact) mass is 478 g/mol. The normalized spacial score (nSPS) is 13.6. The Morgan fingerprint density at radius 2 is 1.79 bits per heavy atom. The highest BCUT2D eigenvalue weighted by Crippen LogP contribution is 2.28. The van der Waals surface area contributed by atoms with Gasteiger partial charge in [0.25, 0.3) is 5.91 Å². The molecule has 0 saturated carbocycles. The van der Waals surface area contributed by atoms with Gasteiger partial charge in [0.1, 0.15) is 17.3 Å². The fourth-order valence-corrected chi connectivity index (χ4v) is 3.19. The van der Waals surface area contributed by atoms with Crippen LogP contribution in [0.5, 0.6) is 5.75 Å². The molecule has 3 heterocycles. The van der Waals surface area contributed by atoms with Gasteiger partial charge in [0.05, 0.1) is 19.0 Å². The maximum atomic E-state index is 12.8. The van der Waals surface area contributed by atoms with Crippen LogP contribution in [0.2, 0.25) is 0 Å². The molecule has 2 N–H and O–H groups in total. The van der Waals surface area contributed by atoms with E-state index >= 15 is 0 Å². The van der Waals surface area contributed by atoms with E-state index in [-0.39, 0.29) is 5.91 Å². The number of para-hydroxylation sites is 1. The first-order valence-corrected chi connectivity index (χ1v) is 10.00. The molecule has 3 aromatic rings. The first kappa shape index (κ1) is 24.5. The zero-order valence-corrected chi connectivity index (χ0v) is 18.0. The van der Waals surface area contributed by atoms with Crippen LogP contribution < -0.4 is 9.64 Å². The Bertz CT molecular complexity index is 1110. The molecule has 0 spiro atoms. The number of amides is 1. The number of piperazine rings is 1. The number of carbonyl (C=O) groups is 2. The van der Waals surface area contributed by atoms with E-state index in [0.29, 0.717) is 24.5 Å². The number of anilines is 1. The molecule has 1 saturated heterocycles. The first-order chi connectivity index (χ1) is 16.2. The van der Waals surface area contributed by atoms with Crippen molar-refractivity contribution in [3.63, 3.8) is 0 Å². The van der Waals surface area contributed by atoms with E-state index in [1.807, 2.05) is 29.2 Å². The van der Waals surface area contributed by atoms with Gasteiger partial charge >= 0.3 is 12.1 Å². The Morgan fingerprint density at radius 3 is 2.38 bits per heavy atom. The van der Waals surface area contributed by atoms with Crippen LogP contribution in [0.3, 0.4) is 0 Å². The van der Waals surface area contributed by atoms with Gasteiger partial charge in [0, 0.05) is 44.1 Å². The van der Waals surface area contributed by atoms with Crippen LogP contribution in [-0.2, 0) is 4.79 Å². The molecule has 34 heavy (non-hydrogen) atoms. The summed E-state index contributed by atoms with van der Waals surface area (Å²) in [6.45, 7) is 2.69. The summed E-state index contributed by atoms with van der Waals surface area (Å²) in [5.74, 6) is -1.25. The summed E-state index contributed by atoms with van der Waals surface area (Å²) in [5.41, 5.74) is 2.01. The largest absolute Gasteiger partial charge is 0.496 e. The SMILES string of the molecule is COc1ccccc1-c1cc(C(=O)N2CCN(c3cnccn3)CC2)[nH]n1.O=C(O)C(F)(F)F. The zero-order valence-electron chi connectivity index (χ0n) is 18.0. The van der Waals surface area contributed by atoms with Crippen molar-refractivity contribution in [3.05, 3.63) is 54.6 Å². The van der Waals surface area contributed by atoms with Crippen LogP contribution in [0, 0.1) is 0 Å². The van der Waals surface area contributed by atoms with E-state index in [0.717, 1.165) is 30.2 Å². The van der Waals surface area contributed by atoms with Gasteiger partial charge < -0.3 is 19.6 Å². The number of carboxylic acid groups (broad SMARTS) is 1. The molecule has 0 unspecified atom stereocenters. The van der Waals surface area contributed by atoms with Crippen LogP contribution in [0.4, 0.5) is 19.0 Å². The number of aliphatic carboxylic acids is 1. The topological polar surface area (TPSA) is 125 Å². The molecule has 0 bridgehead atoms. The molecule has 13 heteroatoms. The molecule has 4 rings (SSSR count). The second-order valence-electron chi connectivity index (χ2n) is 7.01. The quantitative estimate of drug-likeness (QED) is 0.586. The summed E-state index contributed by atoms with van der Waals surface area (Å²) < 4.78 is 37.1. The number of nitrogens with zero attached hydrogens (tertiary/aromatic N) is 5. The Kier molecular flexibility index (Phi) is 7.66. The minimum absolute atomic E-state index is 0.0533. The van der Waals surface area contributed by atoms with Crippen LogP contribution in [-0.4, -0.2) is 81.5 Å². The number of rotatable bonds is 4. The fourth-order valence-electron chi connectivity index (χ4n) is 3.19. The number of aromatic nitrogens is 4. The molecule has 1 aliphatic heterocycles. The van der Waals surface area contributed by atoms with Gasteiger partial charge in [-0.15, -0.1) is 0 Å². The van der Waals surface area contributed by atoms with E-state index in [1.165, 1.54) is 0 Å². The second kappa shape index (κ2) is 10.6. The zero-order chi connectivity index (χ0) is 24.7. The number of benzene rings is 1. The lowest BCUT2D eigenvalue weighted by Gasteiger charge is -2.34. The van der Waals surface area contributed by atoms with E-state index in [4.69, 9.17) is 14.6 Å². The van der Waals surface area contributed by atoms with Gasteiger partial charge in [0.2, 0.25) is 0 Å². The van der Waals surface area contributed by atoms with Crippen LogP contribution >= 0.6 is 0 Å². The predicted molar refractivity (Wildman–Crippen MR) is 114 cm³/mol. The molecule has 1 amide bonds. The lowest BCUT2D eigenvalue weighted by molar-refractivity contribution is -0.192. The molecular formula is C21H21F3N6O4. The standard InChI is InChI=1S/C19H20N6O2.C2HF3O2/c1-27-17-5-3-2-4-14(17)15-12-16(23-22-15)19(26)25-10-8-24(9-11-25)18-13-20-6-7-21-18;3-2(4,5)1(6)7/h2-7,12-13H,8-11H2,1H3,(H,22,23);(H,6,7). The van der Waals surface area contributed by atoms with Crippen molar-refractivity contribution in [3.8, 4) is 17.0 Å². The Labute approximate surface area is 192 Å². The summed E-state index contributed by atoms with van der Waals surface area (Å²) in [7, 11) is 1.62. The number of alkyl halides is 3. The molecule has 180 valence electrons. The second-order valence-corrected chi connectivity index (χ2v) is 7.01. The summed E-state index contributed by atoms with van der Waals surface area (Å²) in [5, 5.41) is 14.3. The molecule has 0 atom stereocenters. The lowest BCUT2D eigenvalue weighted by atomic mass is 10.1. The van der Waals surface area contributed by atoms with E-state index in [9.17, 15) is 18.0 Å². The van der Waals surface area contributed by atoms with E-state index in [1.54, 1.807) is 31.8 Å². The lowest BCUT2D eigenvalue weighted by Crippen LogP contribution is -2.49. The van der Waals surface area contributed by atoms with Crippen LogP contribution in [0.25, 0.3) is 11.3 Å². The Morgan fingerprint density at radius 1 is 1.12 bits per heavy atom. The predicted octanol–water partition coefficient (Wildman–Crippen LogP) is 2.47. The molecule has 10 nitrogen and oxygen atoms in total. The number of H-pyrrole nitrogens is 1. The molecule has 0 radical (unpaired) electrons. The summed E-state index contributed by atoms with van der Waals surface area (Å²) in [4.78, 5) is 34.1. The van der Waals surface area contributed by atoms with Crippen LogP contribution in [0.15, 0.2) is 48.9 Å². The molecular weight excluding hydrogens is 457 g/mol. The van der Waals surface area contributed by atoms with E-state index in [2.05, 4.69) is 25.1 Å². The smallest absolute Gasteiger partial charge is 0.490 e. The number of carboxylic acids is 1. The number of carbonyl (C=O) groups excluding carboxylic acids is 1.